The van der Waals surface area contributed by atoms with E-state index >= 15 is 0 Å². The van der Waals surface area contributed by atoms with Crippen LogP contribution in [-0.4, -0.2) is 0 Å². The fraction of sp³-hybridized carbons (Fsp3) is 0.0909. The molecule has 15 heavy (non-hydrogen) atoms. The largest absolute Gasteiger partial charge is 0.320 e. The average molecular weight is 225 g/mol. The molecule has 4 heteroatoms. The number of hydrogen-bond acceptors (Lipinski definition) is 2. The van der Waals surface area contributed by atoms with E-state index in [0.717, 1.165) is 11.6 Å². The fourth-order valence-electron chi connectivity index (χ4n) is 1.39. The summed E-state index contributed by atoms with van der Waals surface area (Å²) in [5, 5.41) is 3.73. The summed E-state index contributed by atoms with van der Waals surface area (Å²) in [5.74, 6) is -1.19. The van der Waals surface area contributed by atoms with Crippen molar-refractivity contribution >= 4 is 11.3 Å². The van der Waals surface area contributed by atoms with Crippen LogP contribution in [0.15, 0.2) is 35.0 Å². The zero-order valence-electron chi connectivity index (χ0n) is 7.78. The molecule has 1 aromatic carbocycles. The first kappa shape index (κ1) is 10.3. The van der Waals surface area contributed by atoms with Crippen molar-refractivity contribution in [1.82, 2.24) is 0 Å². The standard InChI is InChI=1S/C11H9F2NS/c12-8-1-2-9(10(13)5-8)11(14)7-3-4-15-6-7/h1-6,11H,14H2. The van der Waals surface area contributed by atoms with Crippen LogP contribution in [0.4, 0.5) is 8.78 Å². The second-order valence-electron chi connectivity index (χ2n) is 3.20. The molecule has 0 spiro atoms. The predicted molar refractivity (Wildman–Crippen MR) is 56.7 cm³/mol. The molecule has 2 rings (SSSR count). The first-order valence-electron chi connectivity index (χ1n) is 4.41. The SMILES string of the molecule is NC(c1ccsc1)c1ccc(F)cc1F. The maximum Gasteiger partial charge on any atom is 0.131 e. The summed E-state index contributed by atoms with van der Waals surface area (Å²) in [5.41, 5.74) is 7.01. The van der Waals surface area contributed by atoms with Crippen LogP contribution >= 0.6 is 11.3 Å². The molecule has 0 saturated heterocycles. The molecule has 1 heterocycles. The van der Waals surface area contributed by atoms with E-state index < -0.39 is 17.7 Å². The van der Waals surface area contributed by atoms with Gasteiger partial charge in [-0.2, -0.15) is 11.3 Å². The first-order chi connectivity index (χ1) is 7.18. The lowest BCUT2D eigenvalue weighted by Crippen LogP contribution is -2.12. The van der Waals surface area contributed by atoms with E-state index in [1.54, 1.807) is 0 Å². The minimum atomic E-state index is -0.603. The van der Waals surface area contributed by atoms with Gasteiger partial charge in [-0.1, -0.05) is 6.07 Å². The van der Waals surface area contributed by atoms with E-state index in [0.29, 0.717) is 5.56 Å². The second-order valence-corrected chi connectivity index (χ2v) is 3.98. The minimum absolute atomic E-state index is 0.315. The van der Waals surface area contributed by atoms with Gasteiger partial charge < -0.3 is 5.73 Å². The molecular weight excluding hydrogens is 216 g/mol. The van der Waals surface area contributed by atoms with Crippen molar-refractivity contribution in [1.29, 1.82) is 0 Å². The highest BCUT2D eigenvalue weighted by Crippen LogP contribution is 2.24. The molecule has 0 fully saturated rings. The van der Waals surface area contributed by atoms with Gasteiger partial charge in [0.05, 0.1) is 6.04 Å². The second kappa shape index (κ2) is 4.08. The summed E-state index contributed by atoms with van der Waals surface area (Å²) in [6, 6.07) is 4.74. The van der Waals surface area contributed by atoms with Crippen LogP contribution in [0.2, 0.25) is 0 Å². The summed E-state index contributed by atoms with van der Waals surface area (Å²) in [7, 11) is 0. The van der Waals surface area contributed by atoms with Gasteiger partial charge in [-0.25, -0.2) is 8.78 Å². The Balaban J connectivity index is 2.38. The molecule has 0 aliphatic heterocycles. The van der Waals surface area contributed by atoms with E-state index in [1.807, 2.05) is 16.8 Å². The maximum atomic E-state index is 13.4. The zero-order valence-corrected chi connectivity index (χ0v) is 8.60. The van der Waals surface area contributed by atoms with Gasteiger partial charge in [0, 0.05) is 11.6 Å². The quantitative estimate of drug-likeness (QED) is 0.835. The molecule has 0 saturated carbocycles. The normalized spacial score (nSPS) is 12.7. The Hall–Kier alpha value is -1.26. The molecule has 1 unspecified atom stereocenters. The third-order valence-electron chi connectivity index (χ3n) is 2.20. The van der Waals surface area contributed by atoms with E-state index in [4.69, 9.17) is 5.73 Å². The predicted octanol–water partition coefficient (Wildman–Crippen LogP) is 3.07. The lowest BCUT2D eigenvalue weighted by Gasteiger charge is -2.11. The zero-order chi connectivity index (χ0) is 10.8. The third-order valence-corrected chi connectivity index (χ3v) is 2.90. The molecule has 1 nitrogen and oxygen atoms in total. The fourth-order valence-corrected chi connectivity index (χ4v) is 2.08. The highest BCUT2D eigenvalue weighted by Gasteiger charge is 2.14. The number of benzene rings is 1. The lowest BCUT2D eigenvalue weighted by atomic mass is 10.0. The lowest BCUT2D eigenvalue weighted by molar-refractivity contribution is 0.566. The van der Waals surface area contributed by atoms with Crippen molar-refractivity contribution in [3.8, 4) is 0 Å². The van der Waals surface area contributed by atoms with Gasteiger partial charge in [-0.05, 0) is 28.5 Å². The van der Waals surface area contributed by atoms with Gasteiger partial charge in [0.2, 0.25) is 0 Å². The van der Waals surface area contributed by atoms with E-state index in [1.165, 1.54) is 23.5 Å². The molecule has 2 N–H and O–H groups in total. The molecule has 0 radical (unpaired) electrons. The number of hydrogen-bond donors (Lipinski definition) is 1. The van der Waals surface area contributed by atoms with Crippen molar-refractivity contribution in [3.05, 3.63) is 57.8 Å². The van der Waals surface area contributed by atoms with Gasteiger partial charge in [-0.15, -0.1) is 0 Å². The summed E-state index contributed by atoms with van der Waals surface area (Å²) in [6.45, 7) is 0. The molecule has 2 aromatic rings. The van der Waals surface area contributed by atoms with Crippen molar-refractivity contribution in [3.63, 3.8) is 0 Å². The maximum absolute atomic E-state index is 13.4. The average Bonchev–Trinajstić information content (AvgIpc) is 2.69. The highest BCUT2D eigenvalue weighted by molar-refractivity contribution is 7.08. The molecular formula is C11H9F2NS. The van der Waals surface area contributed by atoms with Crippen LogP contribution in [0.3, 0.4) is 0 Å². The Morgan fingerprint density at radius 2 is 2.00 bits per heavy atom. The van der Waals surface area contributed by atoms with E-state index in [-0.39, 0.29) is 0 Å². The van der Waals surface area contributed by atoms with Crippen LogP contribution in [0, 0.1) is 11.6 Å². The number of thiophene rings is 1. The van der Waals surface area contributed by atoms with Crippen molar-refractivity contribution in [2.45, 2.75) is 6.04 Å². The number of halogens is 2. The number of rotatable bonds is 2. The van der Waals surface area contributed by atoms with E-state index in [9.17, 15) is 8.78 Å². The van der Waals surface area contributed by atoms with Crippen LogP contribution < -0.4 is 5.73 Å². The Bertz CT molecular complexity index is 454. The molecule has 1 aromatic heterocycles. The molecule has 0 bridgehead atoms. The summed E-state index contributed by atoms with van der Waals surface area (Å²) in [6.07, 6.45) is 0. The summed E-state index contributed by atoms with van der Waals surface area (Å²) >= 11 is 1.50. The van der Waals surface area contributed by atoms with Crippen LogP contribution in [0.1, 0.15) is 17.2 Å². The van der Waals surface area contributed by atoms with Gasteiger partial charge in [0.25, 0.3) is 0 Å². The van der Waals surface area contributed by atoms with Crippen LogP contribution in [0.25, 0.3) is 0 Å². The molecule has 0 amide bonds. The smallest absolute Gasteiger partial charge is 0.131 e. The topological polar surface area (TPSA) is 26.0 Å². The van der Waals surface area contributed by atoms with E-state index in [2.05, 4.69) is 0 Å². The minimum Gasteiger partial charge on any atom is -0.320 e. The Morgan fingerprint density at radius 3 is 2.60 bits per heavy atom. The van der Waals surface area contributed by atoms with Crippen LogP contribution in [0.5, 0.6) is 0 Å². The van der Waals surface area contributed by atoms with Crippen LogP contribution in [-0.2, 0) is 0 Å². The van der Waals surface area contributed by atoms with Crippen molar-refractivity contribution in [2.24, 2.45) is 5.73 Å². The molecule has 0 aliphatic carbocycles. The van der Waals surface area contributed by atoms with Gasteiger partial charge >= 0.3 is 0 Å². The Morgan fingerprint density at radius 1 is 1.20 bits per heavy atom. The summed E-state index contributed by atoms with van der Waals surface area (Å²) < 4.78 is 26.1. The van der Waals surface area contributed by atoms with Crippen molar-refractivity contribution < 1.29 is 8.78 Å². The van der Waals surface area contributed by atoms with Gasteiger partial charge in [0.15, 0.2) is 0 Å². The first-order valence-corrected chi connectivity index (χ1v) is 5.35. The highest BCUT2D eigenvalue weighted by atomic mass is 32.1. The Kier molecular flexibility index (Phi) is 2.79. The number of nitrogens with two attached hydrogens (primary N) is 1. The molecule has 1 atom stereocenters. The summed E-state index contributed by atoms with van der Waals surface area (Å²) in [4.78, 5) is 0. The third kappa shape index (κ3) is 2.06. The van der Waals surface area contributed by atoms with Gasteiger partial charge in [-0.3, -0.25) is 0 Å². The molecule has 78 valence electrons. The monoisotopic (exact) mass is 225 g/mol. The Labute approximate surface area is 90.2 Å². The van der Waals surface area contributed by atoms with Gasteiger partial charge in [0.1, 0.15) is 11.6 Å². The van der Waals surface area contributed by atoms with Crippen molar-refractivity contribution in [2.75, 3.05) is 0 Å². The molecule has 0 aliphatic rings.